The molecule has 0 radical (unpaired) electrons. The Morgan fingerprint density at radius 2 is 1.94 bits per heavy atom. The summed E-state index contributed by atoms with van der Waals surface area (Å²) in [7, 11) is 0. The fraction of sp³-hybridized carbons (Fsp3) is 0.929. The standard InChI is InChI=1S/C14H25NO2/c1-12-4-6-14(11-17,7-5-12)10-15(8-9-16)13-2-3-13/h11-13,16H,2-10H2,1H3. The lowest BCUT2D eigenvalue weighted by molar-refractivity contribution is -0.119. The van der Waals surface area contributed by atoms with Crippen LogP contribution in [0.3, 0.4) is 0 Å². The molecular formula is C14H25NO2. The summed E-state index contributed by atoms with van der Waals surface area (Å²) in [4.78, 5) is 13.8. The van der Waals surface area contributed by atoms with Gasteiger partial charge in [-0.15, -0.1) is 0 Å². The van der Waals surface area contributed by atoms with Gasteiger partial charge in [-0.25, -0.2) is 0 Å². The first-order valence-electron chi connectivity index (χ1n) is 7.00. The third-order valence-corrected chi connectivity index (χ3v) is 4.49. The van der Waals surface area contributed by atoms with Crippen molar-refractivity contribution in [3.05, 3.63) is 0 Å². The van der Waals surface area contributed by atoms with Gasteiger partial charge < -0.3 is 9.90 Å². The number of aldehydes is 1. The second-order valence-electron chi connectivity index (χ2n) is 6.09. The van der Waals surface area contributed by atoms with Crippen LogP contribution in [0.5, 0.6) is 0 Å². The van der Waals surface area contributed by atoms with E-state index in [0.717, 1.165) is 31.8 Å². The number of nitrogens with zero attached hydrogens (tertiary/aromatic N) is 1. The van der Waals surface area contributed by atoms with Gasteiger partial charge in [0.2, 0.25) is 0 Å². The Labute approximate surface area is 104 Å². The molecule has 1 N–H and O–H groups in total. The number of hydrogen-bond acceptors (Lipinski definition) is 3. The van der Waals surface area contributed by atoms with Crippen LogP contribution in [0.15, 0.2) is 0 Å². The Hall–Kier alpha value is -0.410. The highest BCUT2D eigenvalue weighted by molar-refractivity contribution is 5.60. The molecule has 3 heteroatoms. The van der Waals surface area contributed by atoms with E-state index in [2.05, 4.69) is 11.8 Å². The maximum atomic E-state index is 11.5. The highest BCUT2D eigenvalue weighted by Crippen LogP contribution is 2.40. The van der Waals surface area contributed by atoms with Gasteiger partial charge in [-0.3, -0.25) is 4.90 Å². The number of rotatable bonds is 6. The molecule has 0 aromatic carbocycles. The molecule has 0 amide bonds. The van der Waals surface area contributed by atoms with Crippen molar-refractivity contribution in [3.8, 4) is 0 Å². The van der Waals surface area contributed by atoms with Crippen LogP contribution in [0, 0.1) is 11.3 Å². The summed E-state index contributed by atoms with van der Waals surface area (Å²) >= 11 is 0. The SMILES string of the molecule is CC1CCC(C=O)(CN(CCO)C2CC2)CC1. The maximum absolute atomic E-state index is 11.5. The van der Waals surface area contributed by atoms with Crippen molar-refractivity contribution in [1.82, 2.24) is 4.90 Å². The van der Waals surface area contributed by atoms with Crippen molar-refractivity contribution in [2.24, 2.45) is 11.3 Å². The number of hydrogen-bond donors (Lipinski definition) is 1. The molecule has 3 nitrogen and oxygen atoms in total. The van der Waals surface area contributed by atoms with Gasteiger partial charge in [-0.2, -0.15) is 0 Å². The third kappa shape index (κ3) is 3.29. The van der Waals surface area contributed by atoms with E-state index in [1.54, 1.807) is 0 Å². The molecule has 17 heavy (non-hydrogen) atoms. The van der Waals surface area contributed by atoms with Gasteiger partial charge in [-0.05, 0) is 44.4 Å². The maximum Gasteiger partial charge on any atom is 0.127 e. The third-order valence-electron chi connectivity index (χ3n) is 4.49. The summed E-state index contributed by atoms with van der Waals surface area (Å²) in [6.45, 7) is 4.09. The highest BCUT2D eigenvalue weighted by atomic mass is 16.3. The van der Waals surface area contributed by atoms with E-state index in [1.807, 2.05) is 0 Å². The molecule has 2 saturated carbocycles. The zero-order valence-electron chi connectivity index (χ0n) is 10.9. The summed E-state index contributed by atoms with van der Waals surface area (Å²) in [5, 5.41) is 9.11. The molecule has 2 aliphatic rings. The van der Waals surface area contributed by atoms with Gasteiger partial charge in [0, 0.05) is 24.5 Å². The molecule has 0 aliphatic heterocycles. The Morgan fingerprint density at radius 3 is 2.41 bits per heavy atom. The van der Waals surface area contributed by atoms with Crippen LogP contribution < -0.4 is 0 Å². The zero-order valence-corrected chi connectivity index (χ0v) is 10.9. The van der Waals surface area contributed by atoms with Crippen molar-refractivity contribution in [3.63, 3.8) is 0 Å². The van der Waals surface area contributed by atoms with Crippen molar-refractivity contribution >= 4 is 6.29 Å². The Kier molecular flexibility index (Phi) is 4.21. The number of carbonyl (C=O) groups is 1. The first kappa shape index (κ1) is 13.0. The molecule has 0 bridgehead atoms. The minimum absolute atomic E-state index is 0.121. The lowest BCUT2D eigenvalue weighted by atomic mass is 9.71. The molecule has 0 aromatic rings. The predicted octanol–water partition coefficient (Wildman–Crippen LogP) is 1.84. The molecule has 0 spiro atoms. The summed E-state index contributed by atoms with van der Waals surface area (Å²) in [6, 6.07) is 0.637. The zero-order chi connectivity index (χ0) is 12.3. The largest absolute Gasteiger partial charge is 0.395 e. The van der Waals surface area contributed by atoms with E-state index in [-0.39, 0.29) is 12.0 Å². The van der Waals surface area contributed by atoms with Gasteiger partial charge in [-0.1, -0.05) is 6.92 Å². The fourth-order valence-corrected chi connectivity index (χ4v) is 3.01. The van der Waals surface area contributed by atoms with Crippen LogP contribution in [0.2, 0.25) is 0 Å². The van der Waals surface area contributed by atoms with E-state index in [9.17, 15) is 4.79 Å². The van der Waals surface area contributed by atoms with Crippen LogP contribution >= 0.6 is 0 Å². The minimum Gasteiger partial charge on any atom is -0.395 e. The van der Waals surface area contributed by atoms with Crippen molar-refractivity contribution in [1.29, 1.82) is 0 Å². The molecule has 0 aromatic heterocycles. The smallest absolute Gasteiger partial charge is 0.127 e. The van der Waals surface area contributed by atoms with Crippen molar-refractivity contribution in [2.75, 3.05) is 19.7 Å². The lowest BCUT2D eigenvalue weighted by Crippen LogP contribution is -2.43. The van der Waals surface area contributed by atoms with Crippen LogP contribution in [-0.4, -0.2) is 42.0 Å². The van der Waals surface area contributed by atoms with Gasteiger partial charge in [0.05, 0.1) is 6.61 Å². The molecule has 2 aliphatic carbocycles. The lowest BCUT2D eigenvalue weighted by Gasteiger charge is -2.39. The van der Waals surface area contributed by atoms with Gasteiger partial charge in [0.25, 0.3) is 0 Å². The second kappa shape index (κ2) is 5.49. The molecular weight excluding hydrogens is 214 g/mol. The Balaban J connectivity index is 1.94. The first-order chi connectivity index (χ1) is 8.19. The molecule has 2 rings (SSSR count). The topological polar surface area (TPSA) is 40.5 Å². The molecule has 98 valence electrons. The Morgan fingerprint density at radius 1 is 1.29 bits per heavy atom. The van der Waals surface area contributed by atoms with Crippen LogP contribution in [0.4, 0.5) is 0 Å². The van der Waals surface area contributed by atoms with Crippen molar-refractivity contribution < 1.29 is 9.90 Å². The van der Waals surface area contributed by atoms with Crippen molar-refractivity contribution in [2.45, 2.75) is 51.5 Å². The Bertz CT molecular complexity index is 255. The molecule has 2 fully saturated rings. The average molecular weight is 239 g/mol. The van der Waals surface area contributed by atoms with Crippen LogP contribution in [-0.2, 0) is 4.79 Å². The first-order valence-corrected chi connectivity index (χ1v) is 7.00. The van der Waals surface area contributed by atoms with E-state index in [1.165, 1.54) is 32.0 Å². The summed E-state index contributed by atoms with van der Waals surface area (Å²) in [5.41, 5.74) is -0.121. The molecule has 0 heterocycles. The van der Waals surface area contributed by atoms with Gasteiger partial charge in [0.15, 0.2) is 0 Å². The number of aliphatic hydroxyl groups excluding tert-OH is 1. The summed E-state index contributed by atoms with van der Waals surface area (Å²) < 4.78 is 0. The van der Waals surface area contributed by atoms with E-state index in [4.69, 9.17) is 5.11 Å². The number of aliphatic hydroxyl groups is 1. The second-order valence-corrected chi connectivity index (χ2v) is 6.09. The highest BCUT2D eigenvalue weighted by Gasteiger charge is 2.39. The van der Waals surface area contributed by atoms with Gasteiger partial charge >= 0.3 is 0 Å². The van der Waals surface area contributed by atoms with E-state index < -0.39 is 0 Å². The van der Waals surface area contributed by atoms with Crippen LogP contribution in [0.25, 0.3) is 0 Å². The average Bonchev–Trinajstić information content (AvgIpc) is 3.16. The quantitative estimate of drug-likeness (QED) is 0.719. The van der Waals surface area contributed by atoms with Gasteiger partial charge in [0.1, 0.15) is 6.29 Å². The summed E-state index contributed by atoms with van der Waals surface area (Å²) in [6.07, 6.45) is 8.10. The molecule has 0 saturated heterocycles. The fourth-order valence-electron chi connectivity index (χ4n) is 3.01. The van der Waals surface area contributed by atoms with E-state index >= 15 is 0 Å². The molecule has 0 unspecified atom stereocenters. The summed E-state index contributed by atoms with van der Waals surface area (Å²) in [5.74, 6) is 0.773. The predicted molar refractivity (Wildman–Crippen MR) is 67.8 cm³/mol. The minimum atomic E-state index is -0.121. The molecule has 0 atom stereocenters. The van der Waals surface area contributed by atoms with Crippen LogP contribution in [0.1, 0.15) is 45.4 Å². The monoisotopic (exact) mass is 239 g/mol. The number of carbonyl (C=O) groups excluding carboxylic acids is 1. The normalized spacial score (nSPS) is 33.9. The van der Waals surface area contributed by atoms with E-state index in [0.29, 0.717) is 6.04 Å².